The standard InChI is InChI=1S/C26H44O5Si/c1-23(2,3)32(6,7)31-24(4,19-10-8-9-11-19)14-12-20-21-18-26(29-16-17-30-26)25(21,28-5)15-13-22(20)27/h19-22,27H,8-11,13,15-18H2,1-7H3/t20-,21-,22-,24-,25-/m1/s1. The number of fused-ring (bicyclic) bond motifs is 2. The lowest BCUT2D eigenvalue weighted by atomic mass is 9.52. The van der Waals surface area contributed by atoms with Crippen LogP contribution in [-0.4, -0.2) is 56.8 Å². The average Bonchev–Trinajstić information content (AvgIpc) is 3.40. The zero-order valence-electron chi connectivity index (χ0n) is 21.3. The van der Waals surface area contributed by atoms with Crippen molar-refractivity contribution in [2.45, 2.75) is 114 Å². The van der Waals surface area contributed by atoms with Crippen molar-refractivity contribution in [3.8, 4) is 11.8 Å². The molecule has 0 aromatic carbocycles. The maximum Gasteiger partial charge on any atom is 0.198 e. The van der Waals surface area contributed by atoms with Gasteiger partial charge in [0.2, 0.25) is 0 Å². The van der Waals surface area contributed by atoms with Crippen LogP contribution in [0, 0.1) is 29.6 Å². The van der Waals surface area contributed by atoms with E-state index < -0.39 is 31.4 Å². The average molecular weight is 465 g/mol. The molecule has 3 aliphatic carbocycles. The molecule has 4 aliphatic rings. The van der Waals surface area contributed by atoms with Gasteiger partial charge in [-0.2, -0.15) is 0 Å². The van der Waals surface area contributed by atoms with E-state index in [1.807, 2.05) is 0 Å². The maximum absolute atomic E-state index is 11.0. The Morgan fingerprint density at radius 1 is 1.03 bits per heavy atom. The van der Waals surface area contributed by atoms with E-state index in [0.717, 1.165) is 12.8 Å². The van der Waals surface area contributed by atoms with Crippen LogP contribution in [0.4, 0.5) is 0 Å². The molecule has 6 heteroatoms. The number of rotatable bonds is 4. The smallest absolute Gasteiger partial charge is 0.198 e. The van der Waals surface area contributed by atoms with Crippen molar-refractivity contribution in [3.63, 3.8) is 0 Å². The van der Waals surface area contributed by atoms with Gasteiger partial charge in [-0.1, -0.05) is 45.5 Å². The number of aliphatic hydroxyl groups excluding tert-OH is 1. The molecule has 5 atom stereocenters. The first kappa shape index (κ1) is 24.7. The highest BCUT2D eigenvalue weighted by Gasteiger charge is 2.73. The molecule has 182 valence electrons. The van der Waals surface area contributed by atoms with Crippen LogP contribution in [0.25, 0.3) is 0 Å². The Morgan fingerprint density at radius 2 is 1.66 bits per heavy atom. The molecule has 1 aliphatic heterocycles. The molecule has 0 aromatic heterocycles. The summed E-state index contributed by atoms with van der Waals surface area (Å²) in [6.45, 7) is 14.9. The van der Waals surface area contributed by atoms with Crippen molar-refractivity contribution in [1.82, 2.24) is 0 Å². The molecular formula is C26H44O5Si. The Morgan fingerprint density at radius 3 is 2.22 bits per heavy atom. The van der Waals surface area contributed by atoms with Gasteiger partial charge in [0.1, 0.15) is 11.2 Å². The van der Waals surface area contributed by atoms with Crippen LogP contribution < -0.4 is 0 Å². The summed E-state index contributed by atoms with van der Waals surface area (Å²) < 4.78 is 25.2. The van der Waals surface area contributed by atoms with Crippen molar-refractivity contribution in [2.75, 3.05) is 20.3 Å². The minimum absolute atomic E-state index is 0.113. The minimum Gasteiger partial charge on any atom is -0.401 e. The van der Waals surface area contributed by atoms with Crippen molar-refractivity contribution in [3.05, 3.63) is 0 Å². The Hall–Kier alpha value is -0.423. The summed E-state index contributed by atoms with van der Waals surface area (Å²) in [6, 6.07) is 0. The van der Waals surface area contributed by atoms with Crippen molar-refractivity contribution in [2.24, 2.45) is 17.8 Å². The summed E-state index contributed by atoms with van der Waals surface area (Å²) in [5.74, 6) is 6.97. The molecule has 3 saturated carbocycles. The maximum atomic E-state index is 11.0. The van der Waals surface area contributed by atoms with E-state index in [9.17, 15) is 5.11 Å². The summed E-state index contributed by atoms with van der Waals surface area (Å²) in [5, 5.41) is 11.1. The van der Waals surface area contributed by atoms with Gasteiger partial charge in [-0.05, 0) is 56.7 Å². The monoisotopic (exact) mass is 464 g/mol. The second-order valence-corrected chi connectivity index (χ2v) is 16.9. The largest absolute Gasteiger partial charge is 0.401 e. The molecule has 1 heterocycles. The van der Waals surface area contributed by atoms with E-state index in [0.29, 0.717) is 25.6 Å². The van der Waals surface area contributed by atoms with E-state index in [2.05, 4.69) is 52.6 Å². The Balaban J connectivity index is 1.63. The highest BCUT2D eigenvalue weighted by molar-refractivity contribution is 6.74. The summed E-state index contributed by atoms with van der Waals surface area (Å²) in [5.41, 5.74) is -0.986. The molecule has 1 saturated heterocycles. The zero-order valence-corrected chi connectivity index (χ0v) is 22.3. The van der Waals surface area contributed by atoms with Crippen LogP contribution in [0.15, 0.2) is 0 Å². The molecular weight excluding hydrogens is 420 g/mol. The van der Waals surface area contributed by atoms with Gasteiger partial charge >= 0.3 is 0 Å². The van der Waals surface area contributed by atoms with E-state index in [4.69, 9.17) is 18.6 Å². The number of hydrogen-bond acceptors (Lipinski definition) is 5. The summed E-state index contributed by atoms with van der Waals surface area (Å²) in [7, 11) is -0.252. The van der Waals surface area contributed by atoms with Crippen molar-refractivity contribution < 1.29 is 23.7 Å². The highest BCUT2D eigenvalue weighted by atomic mass is 28.4. The zero-order chi connectivity index (χ0) is 23.4. The van der Waals surface area contributed by atoms with Gasteiger partial charge in [0.25, 0.3) is 0 Å². The quantitative estimate of drug-likeness (QED) is 0.475. The lowest BCUT2D eigenvalue weighted by Gasteiger charge is -2.63. The summed E-state index contributed by atoms with van der Waals surface area (Å²) in [4.78, 5) is 0. The van der Waals surface area contributed by atoms with Gasteiger partial charge in [-0.25, -0.2) is 0 Å². The minimum atomic E-state index is -2.01. The fraction of sp³-hybridized carbons (Fsp3) is 0.923. The Bertz CT molecular complexity index is 752. The van der Waals surface area contributed by atoms with Crippen molar-refractivity contribution in [1.29, 1.82) is 0 Å². The summed E-state index contributed by atoms with van der Waals surface area (Å²) in [6.07, 6.45) is 6.53. The van der Waals surface area contributed by atoms with E-state index in [1.54, 1.807) is 7.11 Å². The van der Waals surface area contributed by atoms with Crippen LogP contribution in [0.2, 0.25) is 18.1 Å². The fourth-order valence-electron chi connectivity index (χ4n) is 6.40. The van der Waals surface area contributed by atoms with Crippen LogP contribution in [0.3, 0.4) is 0 Å². The second-order valence-electron chi connectivity index (χ2n) is 12.2. The third kappa shape index (κ3) is 3.81. The first-order chi connectivity index (χ1) is 14.9. The van der Waals surface area contributed by atoms with E-state index in [-0.39, 0.29) is 16.9 Å². The van der Waals surface area contributed by atoms with Gasteiger partial charge in [-0.3, -0.25) is 0 Å². The van der Waals surface area contributed by atoms with Crippen molar-refractivity contribution >= 4 is 8.32 Å². The lowest BCUT2D eigenvalue weighted by Crippen LogP contribution is -2.74. The Labute approximate surface area is 196 Å². The van der Waals surface area contributed by atoms with Crippen LogP contribution in [0.5, 0.6) is 0 Å². The number of aliphatic hydroxyl groups is 1. The van der Waals surface area contributed by atoms with Gasteiger partial charge in [0.15, 0.2) is 14.1 Å². The molecule has 1 N–H and O–H groups in total. The fourth-order valence-corrected chi connectivity index (χ4v) is 7.99. The molecule has 4 rings (SSSR count). The SMILES string of the molecule is CO[C@]12CC[C@@H](O)[C@H](C#C[C@@](C)(O[Si](C)(C)C(C)(C)C)C3CCCC3)[C@H]1CC21OCCO1. The molecule has 0 radical (unpaired) electrons. The molecule has 1 spiro atoms. The molecule has 0 amide bonds. The summed E-state index contributed by atoms with van der Waals surface area (Å²) >= 11 is 0. The highest BCUT2D eigenvalue weighted by Crippen LogP contribution is 2.62. The number of ether oxygens (including phenoxy) is 3. The Kier molecular flexibility index (Phi) is 6.45. The van der Waals surface area contributed by atoms with Gasteiger partial charge in [0, 0.05) is 19.4 Å². The van der Waals surface area contributed by atoms with Crippen LogP contribution in [0.1, 0.15) is 72.6 Å². The normalized spacial score (nSPS) is 36.8. The second kappa shape index (κ2) is 8.36. The van der Waals surface area contributed by atoms with Crippen LogP contribution >= 0.6 is 0 Å². The molecule has 32 heavy (non-hydrogen) atoms. The molecule has 4 fully saturated rings. The lowest BCUT2D eigenvalue weighted by molar-refractivity contribution is -0.381. The predicted octanol–water partition coefficient (Wildman–Crippen LogP) is 4.88. The van der Waals surface area contributed by atoms with E-state index >= 15 is 0 Å². The van der Waals surface area contributed by atoms with Gasteiger partial charge in [-0.15, -0.1) is 0 Å². The first-order valence-electron chi connectivity index (χ1n) is 12.6. The number of hydrogen-bond donors (Lipinski definition) is 1. The van der Waals surface area contributed by atoms with E-state index in [1.165, 1.54) is 25.7 Å². The first-order valence-corrected chi connectivity index (χ1v) is 15.5. The topological polar surface area (TPSA) is 57.2 Å². The predicted molar refractivity (Wildman–Crippen MR) is 128 cm³/mol. The molecule has 0 unspecified atom stereocenters. The van der Waals surface area contributed by atoms with Crippen LogP contribution in [-0.2, 0) is 18.6 Å². The van der Waals surface area contributed by atoms with Gasteiger partial charge in [0.05, 0.1) is 25.2 Å². The molecule has 0 aromatic rings. The molecule has 0 bridgehead atoms. The third-order valence-electron chi connectivity index (χ3n) is 9.40. The third-order valence-corrected chi connectivity index (χ3v) is 14.0. The molecule has 5 nitrogen and oxygen atoms in total. The van der Waals surface area contributed by atoms with Gasteiger partial charge < -0.3 is 23.7 Å². The number of methoxy groups -OCH3 is 1.